The lowest BCUT2D eigenvalue weighted by Gasteiger charge is -2.13. The molecule has 0 aliphatic rings. The number of aromatic carboxylic acids is 1. The lowest BCUT2D eigenvalue weighted by atomic mass is 10.1. The van der Waals surface area contributed by atoms with Crippen molar-refractivity contribution in [3.8, 4) is 28.4 Å². The molecule has 0 atom stereocenters. The summed E-state index contributed by atoms with van der Waals surface area (Å²) in [7, 11) is 1.53. The molecule has 0 aliphatic carbocycles. The summed E-state index contributed by atoms with van der Waals surface area (Å²) in [4.78, 5) is 24.2. The zero-order valence-corrected chi connectivity index (χ0v) is 23.2. The zero-order chi connectivity index (χ0) is 29.5. The van der Waals surface area contributed by atoms with Crippen LogP contribution in [0.15, 0.2) is 114 Å². The Morgan fingerprint density at radius 1 is 0.881 bits per heavy atom. The number of nitrogens with zero attached hydrogens (tertiary/aromatic N) is 2. The number of carbonyl (C=O) groups is 2. The number of carboxylic acid groups (broad SMARTS) is 1. The number of ether oxygens (including phenoxy) is 2. The maximum atomic E-state index is 12.9. The molecule has 1 amide bonds. The highest BCUT2D eigenvalue weighted by Crippen LogP contribution is 2.31. The van der Waals surface area contributed by atoms with Gasteiger partial charge in [0.15, 0.2) is 11.5 Å². The van der Waals surface area contributed by atoms with Gasteiger partial charge in [0.1, 0.15) is 6.61 Å². The number of para-hydroxylation sites is 1. The van der Waals surface area contributed by atoms with E-state index >= 15 is 0 Å². The molecule has 0 unspecified atom stereocenters. The Kier molecular flexibility index (Phi) is 8.44. The van der Waals surface area contributed by atoms with Crippen molar-refractivity contribution in [1.29, 1.82) is 0 Å². The van der Waals surface area contributed by atoms with E-state index in [9.17, 15) is 14.7 Å². The van der Waals surface area contributed by atoms with Crippen LogP contribution in [0.3, 0.4) is 0 Å². The number of benzene rings is 4. The lowest BCUT2D eigenvalue weighted by molar-refractivity contribution is 0.0696. The van der Waals surface area contributed by atoms with Gasteiger partial charge in [-0.15, -0.1) is 0 Å². The fourth-order valence-electron chi connectivity index (χ4n) is 4.60. The van der Waals surface area contributed by atoms with Crippen LogP contribution >= 0.6 is 0 Å². The Morgan fingerprint density at radius 3 is 2.38 bits per heavy atom. The van der Waals surface area contributed by atoms with Gasteiger partial charge < -0.3 is 19.1 Å². The van der Waals surface area contributed by atoms with E-state index in [1.165, 1.54) is 19.4 Å². The minimum atomic E-state index is -1.01. The summed E-state index contributed by atoms with van der Waals surface area (Å²) >= 11 is 0. The number of aromatic nitrogens is 1. The molecule has 8 nitrogen and oxygen atoms in total. The van der Waals surface area contributed by atoms with Crippen molar-refractivity contribution in [2.75, 3.05) is 7.11 Å². The summed E-state index contributed by atoms with van der Waals surface area (Å²) in [6.07, 6.45) is 1.48. The monoisotopic (exact) mass is 559 g/mol. The third-order valence-corrected chi connectivity index (χ3v) is 6.69. The number of carboxylic acids is 1. The van der Waals surface area contributed by atoms with E-state index in [2.05, 4.69) is 39.4 Å². The van der Waals surface area contributed by atoms with Gasteiger partial charge >= 0.3 is 5.97 Å². The van der Waals surface area contributed by atoms with Crippen LogP contribution in [0.5, 0.6) is 11.5 Å². The summed E-state index contributed by atoms with van der Waals surface area (Å²) in [6, 6.07) is 33.5. The van der Waals surface area contributed by atoms with Gasteiger partial charge in [-0.1, -0.05) is 48.5 Å². The molecule has 0 fully saturated rings. The predicted molar refractivity (Wildman–Crippen MR) is 162 cm³/mol. The van der Waals surface area contributed by atoms with E-state index in [0.29, 0.717) is 28.2 Å². The molecule has 0 spiro atoms. The molecule has 42 heavy (non-hydrogen) atoms. The first-order chi connectivity index (χ1) is 20.4. The fourth-order valence-corrected chi connectivity index (χ4v) is 4.60. The first-order valence-corrected chi connectivity index (χ1v) is 13.2. The topological polar surface area (TPSA) is 102 Å². The number of carbonyl (C=O) groups excluding carboxylic acids is 1. The number of amides is 1. The molecule has 1 aromatic heterocycles. The van der Waals surface area contributed by atoms with Crippen LogP contribution in [0.1, 0.15) is 37.5 Å². The van der Waals surface area contributed by atoms with Crippen molar-refractivity contribution in [1.82, 2.24) is 9.99 Å². The minimum absolute atomic E-state index is 0.119. The van der Waals surface area contributed by atoms with Crippen LogP contribution in [0, 0.1) is 6.92 Å². The first kappa shape index (κ1) is 27.9. The molecule has 5 rings (SSSR count). The Labute approximate surface area is 243 Å². The standard InChI is InChI=1S/C34H29N3O5/c1-23-14-19-30(25-9-4-3-5-10-25)37(23)29-17-15-26(16-18-29)33(38)36-35-21-28-12-7-13-31(41-2)32(28)42-22-24-8-6-11-27(20-24)34(39)40/h3-21H,22H2,1-2H3,(H,36,38)(H,39,40)/b35-21+. The molecule has 8 heteroatoms. The third-order valence-electron chi connectivity index (χ3n) is 6.69. The summed E-state index contributed by atoms with van der Waals surface area (Å²) in [5.74, 6) is -0.477. The van der Waals surface area contributed by atoms with E-state index in [4.69, 9.17) is 9.47 Å². The number of hydrazone groups is 1. The van der Waals surface area contributed by atoms with Gasteiger partial charge in [0.2, 0.25) is 0 Å². The average Bonchev–Trinajstić information content (AvgIpc) is 3.41. The minimum Gasteiger partial charge on any atom is -0.493 e. The number of nitrogens with one attached hydrogen (secondary N) is 1. The lowest BCUT2D eigenvalue weighted by Crippen LogP contribution is -2.17. The van der Waals surface area contributed by atoms with E-state index < -0.39 is 5.97 Å². The SMILES string of the molecule is COc1cccc(/C=N/NC(=O)c2ccc(-n3c(C)ccc3-c3ccccc3)cc2)c1OCc1cccc(C(=O)O)c1. The van der Waals surface area contributed by atoms with Crippen LogP contribution in [0.25, 0.3) is 16.9 Å². The van der Waals surface area contributed by atoms with Gasteiger partial charge in [-0.3, -0.25) is 4.79 Å². The summed E-state index contributed by atoms with van der Waals surface area (Å²) in [5, 5.41) is 13.4. The van der Waals surface area contributed by atoms with Crippen LogP contribution in [0.2, 0.25) is 0 Å². The number of hydrogen-bond donors (Lipinski definition) is 2. The molecule has 210 valence electrons. The molecule has 1 heterocycles. The quantitative estimate of drug-likeness (QED) is 0.150. The van der Waals surface area contributed by atoms with E-state index in [-0.39, 0.29) is 18.1 Å². The van der Waals surface area contributed by atoms with Gasteiger partial charge in [-0.25, -0.2) is 10.2 Å². The van der Waals surface area contributed by atoms with Crippen molar-refractivity contribution in [2.24, 2.45) is 5.10 Å². The van der Waals surface area contributed by atoms with Gasteiger partial charge in [-0.05, 0) is 78.7 Å². The molecule has 0 saturated heterocycles. The molecule has 0 saturated carbocycles. The highest BCUT2D eigenvalue weighted by Gasteiger charge is 2.13. The van der Waals surface area contributed by atoms with Crippen LogP contribution in [-0.4, -0.2) is 34.9 Å². The number of methoxy groups -OCH3 is 1. The van der Waals surface area contributed by atoms with Crippen molar-refractivity contribution in [2.45, 2.75) is 13.5 Å². The number of hydrogen-bond acceptors (Lipinski definition) is 5. The predicted octanol–water partition coefficient (Wildman–Crippen LogP) is 6.50. The molecule has 0 radical (unpaired) electrons. The van der Waals surface area contributed by atoms with Crippen molar-refractivity contribution in [3.05, 3.63) is 137 Å². The fraction of sp³-hybridized carbons (Fsp3) is 0.0882. The molecule has 0 aliphatic heterocycles. The zero-order valence-electron chi connectivity index (χ0n) is 23.2. The Hall–Kier alpha value is -5.63. The van der Waals surface area contributed by atoms with Crippen LogP contribution < -0.4 is 14.9 Å². The molecule has 4 aromatic carbocycles. The van der Waals surface area contributed by atoms with Crippen LogP contribution in [0.4, 0.5) is 0 Å². The van der Waals surface area contributed by atoms with E-state index in [1.807, 2.05) is 37.3 Å². The van der Waals surface area contributed by atoms with Gasteiger partial charge in [0, 0.05) is 22.5 Å². The normalized spacial score (nSPS) is 10.9. The Bertz CT molecular complexity index is 1740. The third kappa shape index (κ3) is 6.23. The maximum Gasteiger partial charge on any atom is 0.335 e. The maximum absolute atomic E-state index is 12.9. The smallest absolute Gasteiger partial charge is 0.335 e. The van der Waals surface area contributed by atoms with Gasteiger partial charge in [0.05, 0.1) is 24.6 Å². The summed E-state index contributed by atoms with van der Waals surface area (Å²) in [6.45, 7) is 2.17. The van der Waals surface area contributed by atoms with Crippen molar-refractivity contribution < 1.29 is 24.2 Å². The molecular formula is C34H29N3O5. The summed E-state index contributed by atoms with van der Waals surface area (Å²) in [5.41, 5.74) is 8.68. The molecular weight excluding hydrogens is 530 g/mol. The average molecular weight is 560 g/mol. The Morgan fingerprint density at radius 2 is 1.64 bits per heavy atom. The highest BCUT2D eigenvalue weighted by molar-refractivity contribution is 5.95. The van der Waals surface area contributed by atoms with Crippen molar-refractivity contribution >= 4 is 18.1 Å². The highest BCUT2D eigenvalue weighted by atomic mass is 16.5. The first-order valence-electron chi connectivity index (χ1n) is 13.2. The Balaban J connectivity index is 1.28. The van der Waals surface area contributed by atoms with Crippen molar-refractivity contribution in [3.63, 3.8) is 0 Å². The second-order valence-electron chi connectivity index (χ2n) is 9.48. The van der Waals surface area contributed by atoms with E-state index in [0.717, 1.165) is 22.6 Å². The van der Waals surface area contributed by atoms with Crippen LogP contribution in [-0.2, 0) is 6.61 Å². The number of rotatable bonds is 10. The molecule has 0 bridgehead atoms. The van der Waals surface area contributed by atoms with Gasteiger partial charge in [-0.2, -0.15) is 5.10 Å². The number of aryl methyl sites for hydroxylation is 1. The second kappa shape index (κ2) is 12.7. The van der Waals surface area contributed by atoms with E-state index in [1.54, 1.807) is 48.5 Å². The molecule has 5 aromatic rings. The largest absolute Gasteiger partial charge is 0.493 e. The second-order valence-corrected chi connectivity index (χ2v) is 9.48. The van der Waals surface area contributed by atoms with Gasteiger partial charge in [0.25, 0.3) is 5.91 Å². The molecule has 2 N–H and O–H groups in total. The summed E-state index contributed by atoms with van der Waals surface area (Å²) < 4.78 is 13.6.